The molecule has 3 aromatic carbocycles. The molecule has 0 saturated heterocycles. The summed E-state index contributed by atoms with van der Waals surface area (Å²) in [6, 6.07) is 23.2. The lowest BCUT2D eigenvalue weighted by Gasteiger charge is -2.28. The Morgan fingerprint density at radius 2 is 1.45 bits per heavy atom. The summed E-state index contributed by atoms with van der Waals surface area (Å²) < 4.78 is 5.30. The average molecular weight is 635 g/mol. The second-order valence-corrected chi connectivity index (χ2v) is 12.3. The van der Waals surface area contributed by atoms with E-state index in [1.54, 1.807) is 0 Å². The van der Waals surface area contributed by atoms with Crippen molar-refractivity contribution in [2.24, 2.45) is 5.92 Å². The van der Waals surface area contributed by atoms with Crippen molar-refractivity contribution in [1.29, 1.82) is 0 Å². The number of carbonyl (C=O) groups excluding carboxylic acids is 2. The van der Waals surface area contributed by atoms with Crippen LogP contribution in [0.4, 0.5) is 4.79 Å². The maximum atomic E-state index is 13.0. The molecule has 244 valence electrons. The van der Waals surface area contributed by atoms with E-state index in [9.17, 15) is 19.5 Å². The van der Waals surface area contributed by atoms with Crippen LogP contribution in [-0.4, -0.2) is 45.1 Å². The molecule has 1 aliphatic carbocycles. The Morgan fingerprint density at radius 1 is 0.809 bits per heavy atom. The van der Waals surface area contributed by atoms with E-state index < -0.39 is 30.1 Å². The number of nitrogens with zero attached hydrogens (tertiary/aromatic N) is 2. The Hall–Kier alpha value is -5.05. The fraction of sp³-hybridized carbons (Fsp3) is 0.342. The lowest BCUT2D eigenvalue weighted by molar-refractivity contribution is -0.141. The van der Waals surface area contributed by atoms with Crippen LogP contribution in [0.25, 0.3) is 22.5 Å². The van der Waals surface area contributed by atoms with E-state index in [0.29, 0.717) is 11.7 Å². The Balaban J connectivity index is 1.21. The van der Waals surface area contributed by atoms with Crippen LogP contribution in [0.2, 0.25) is 0 Å². The predicted molar refractivity (Wildman–Crippen MR) is 180 cm³/mol. The molecule has 47 heavy (non-hydrogen) atoms. The van der Waals surface area contributed by atoms with Gasteiger partial charge in [-0.1, -0.05) is 92.2 Å². The molecule has 0 aliphatic heterocycles. The van der Waals surface area contributed by atoms with E-state index in [-0.39, 0.29) is 13.0 Å². The molecule has 1 saturated carbocycles. The molecule has 0 spiro atoms. The molecule has 0 radical (unpaired) electrons. The van der Waals surface area contributed by atoms with Crippen molar-refractivity contribution in [2.75, 3.05) is 0 Å². The van der Waals surface area contributed by atoms with Gasteiger partial charge in [-0.3, -0.25) is 9.59 Å². The van der Waals surface area contributed by atoms with Crippen LogP contribution >= 0.6 is 0 Å². The molecular formula is C38H42N4O5. The van der Waals surface area contributed by atoms with Gasteiger partial charge in [-0.2, -0.15) is 0 Å². The molecule has 0 bridgehead atoms. The van der Waals surface area contributed by atoms with Gasteiger partial charge in [0.1, 0.15) is 18.7 Å². The van der Waals surface area contributed by atoms with Crippen LogP contribution in [0.15, 0.2) is 91.3 Å². The number of carbonyl (C=O) groups is 3. The van der Waals surface area contributed by atoms with Crippen molar-refractivity contribution in [1.82, 2.24) is 20.6 Å². The lowest BCUT2D eigenvalue weighted by Crippen LogP contribution is -2.51. The molecule has 4 aromatic rings. The minimum Gasteiger partial charge on any atom is -0.480 e. The van der Waals surface area contributed by atoms with Gasteiger partial charge >= 0.3 is 12.1 Å². The molecule has 2 atom stereocenters. The topological polar surface area (TPSA) is 131 Å². The van der Waals surface area contributed by atoms with Gasteiger partial charge in [0.2, 0.25) is 5.91 Å². The van der Waals surface area contributed by atoms with Gasteiger partial charge in [-0.05, 0) is 66.7 Å². The van der Waals surface area contributed by atoms with Gasteiger partial charge in [0, 0.05) is 29.9 Å². The molecule has 9 nitrogen and oxygen atoms in total. The molecule has 0 unspecified atom stereocenters. The van der Waals surface area contributed by atoms with Crippen LogP contribution < -0.4 is 10.6 Å². The summed E-state index contributed by atoms with van der Waals surface area (Å²) in [6.45, 7) is 3.69. The first-order valence-corrected chi connectivity index (χ1v) is 16.3. The molecule has 1 fully saturated rings. The number of benzene rings is 3. The number of nitrogens with one attached hydrogen (secondary N) is 2. The van der Waals surface area contributed by atoms with E-state index in [1.807, 2.05) is 67.0 Å². The predicted octanol–water partition coefficient (Wildman–Crippen LogP) is 6.92. The van der Waals surface area contributed by atoms with Crippen LogP contribution in [0, 0.1) is 5.92 Å². The molecule has 1 aromatic heterocycles. The van der Waals surface area contributed by atoms with Crippen molar-refractivity contribution in [3.8, 4) is 22.5 Å². The first-order chi connectivity index (χ1) is 22.8. The van der Waals surface area contributed by atoms with E-state index in [0.717, 1.165) is 33.7 Å². The highest BCUT2D eigenvalue weighted by atomic mass is 16.5. The number of alkyl carbamates (subject to hydrolysis) is 1. The summed E-state index contributed by atoms with van der Waals surface area (Å²) in [5, 5.41) is 14.3. The number of hydrogen-bond acceptors (Lipinski definition) is 6. The first-order valence-electron chi connectivity index (χ1n) is 16.3. The number of aromatic nitrogens is 2. The summed E-state index contributed by atoms with van der Waals surface area (Å²) in [5.74, 6) is 0.290. The van der Waals surface area contributed by atoms with Crippen molar-refractivity contribution < 1.29 is 24.2 Å². The average Bonchev–Trinajstić information content (AvgIpc) is 3.11. The van der Waals surface area contributed by atoms with Gasteiger partial charge in [-0.15, -0.1) is 0 Å². The summed E-state index contributed by atoms with van der Waals surface area (Å²) in [5.41, 5.74) is 5.78. The van der Waals surface area contributed by atoms with E-state index in [2.05, 4.69) is 51.8 Å². The van der Waals surface area contributed by atoms with Crippen LogP contribution in [0.5, 0.6) is 0 Å². The minimum atomic E-state index is -1.18. The lowest BCUT2D eigenvalue weighted by atomic mass is 9.78. The van der Waals surface area contributed by atoms with E-state index >= 15 is 0 Å². The Kier molecular flexibility index (Phi) is 11.3. The summed E-state index contributed by atoms with van der Waals surface area (Å²) in [4.78, 5) is 46.1. The number of hydrogen-bond donors (Lipinski definition) is 3. The third-order valence-electron chi connectivity index (χ3n) is 8.99. The minimum absolute atomic E-state index is 0.0330. The number of carboxylic acids is 1. The number of rotatable bonds is 12. The highest BCUT2D eigenvalue weighted by Gasteiger charge is 2.25. The van der Waals surface area contributed by atoms with Gasteiger partial charge in [0.05, 0.1) is 0 Å². The molecular weight excluding hydrogens is 592 g/mol. The second kappa shape index (κ2) is 16.0. The summed E-state index contributed by atoms with van der Waals surface area (Å²) in [6.07, 6.45) is 9.45. The highest BCUT2D eigenvalue weighted by Crippen LogP contribution is 2.37. The third kappa shape index (κ3) is 9.25. The fourth-order valence-corrected chi connectivity index (χ4v) is 6.00. The third-order valence-corrected chi connectivity index (χ3v) is 8.99. The maximum Gasteiger partial charge on any atom is 0.408 e. The van der Waals surface area contributed by atoms with Gasteiger partial charge in [0.15, 0.2) is 5.82 Å². The second-order valence-electron chi connectivity index (χ2n) is 12.3. The van der Waals surface area contributed by atoms with E-state index in [1.165, 1.54) is 44.6 Å². The Bertz CT molecular complexity index is 1620. The molecule has 9 heteroatoms. The first kappa shape index (κ1) is 33.3. The number of ether oxygens (including phenoxy) is 1. The quantitative estimate of drug-likeness (QED) is 0.154. The zero-order chi connectivity index (χ0) is 33.2. The van der Waals surface area contributed by atoms with Crippen molar-refractivity contribution in [3.05, 3.63) is 108 Å². The normalized spacial score (nSPS) is 17.2. The molecule has 3 N–H and O–H groups in total. The maximum absolute atomic E-state index is 13.0. The summed E-state index contributed by atoms with van der Waals surface area (Å²) >= 11 is 0. The zero-order valence-corrected chi connectivity index (χ0v) is 26.9. The number of amides is 2. The van der Waals surface area contributed by atoms with Gasteiger partial charge in [-0.25, -0.2) is 14.8 Å². The molecule has 5 rings (SSSR count). The van der Waals surface area contributed by atoms with E-state index in [4.69, 9.17) is 4.74 Å². The van der Waals surface area contributed by atoms with Crippen LogP contribution in [0.1, 0.15) is 68.6 Å². The molecule has 1 heterocycles. The van der Waals surface area contributed by atoms with Crippen molar-refractivity contribution in [3.63, 3.8) is 0 Å². The van der Waals surface area contributed by atoms with Gasteiger partial charge < -0.3 is 20.5 Å². The largest absolute Gasteiger partial charge is 0.480 e. The zero-order valence-electron chi connectivity index (χ0n) is 26.9. The molecule has 2 amide bonds. The van der Waals surface area contributed by atoms with Crippen molar-refractivity contribution in [2.45, 2.75) is 77.0 Å². The highest BCUT2D eigenvalue weighted by molar-refractivity contribution is 5.89. The Morgan fingerprint density at radius 3 is 2.06 bits per heavy atom. The monoisotopic (exact) mass is 634 g/mol. The Labute approximate surface area is 275 Å². The number of aliphatic carboxylic acids is 1. The SMILES string of the molecule is CCC1CCC(c2ccc(-c3cnc(-c4ccc(C[C@H](NC(=O)OCc5ccccc5)C(=O)N[C@H](C)C(=O)O)cc4)nc3)cc2)CC1. The standard InChI is InChI=1S/C38H42N4O5/c1-3-26-9-13-29(14-10-26)30-17-19-31(20-18-30)33-22-39-35(40-23-33)32-15-11-27(12-16-32)21-34(36(43)41-25(2)37(44)45)42-38(46)47-24-28-7-5-4-6-8-28/h4-8,11-12,15-20,22-23,25-26,29,34H,3,9-10,13-14,21,24H2,1-2H3,(H,41,43)(H,42,46)(H,44,45)/t25-,26?,29?,34+/m1/s1. The van der Waals surface area contributed by atoms with Crippen LogP contribution in [-0.2, 0) is 27.4 Å². The van der Waals surface area contributed by atoms with Crippen LogP contribution in [0.3, 0.4) is 0 Å². The van der Waals surface area contributed by atoms with Gasteiger partial charge in [0.25, 0.3) is 0 Å². The molecule has 1 aliphatic rings. The van der Waals surface area contributed by atoms with Crippen molar-refractivity contribution >= 4 is 18.0 Å². The fourth-order valence-electron chi connectivity index (χ4n) is 6.00. The smallest absolute Gasteiger partial charge is 0.408 e. The number of carboxylic acid groups (broad SMARTS) is 1. The summed E-state index contributed by atoms with van der Waals surface area (Å²) in [7, 11) is 0.